The van der Waals surface area contributed by atoms with Gasteiger partial charge in [0.25, 0.3) is 5.91 Å². The molecule has 0 atom stereocenters. The number of para-hydroxylation sites is 1. The summed E-state index contributed by atoms with van der Waals surface area (Å²) in [5, 5.41) is 2.99. The van der Waals surface area contributed by atoms with Gasteiger partial charge in [-0.05, 0) is 70.1 Å². The Morgan fingerprint density at radius 2 is 1.70 bits per heavy atom. The number of thiophene rings is 1. The molecule has 7 nitrogen and oxygen atoms in total. The van der Waals surface area contributed by atoms with Gasteiger partial charge in [0, 0.05) is 0 Å². The molecule has 0 unspecified atom stereocenters. The summed E-state index contributed by atoms with van der Waals surface area (Å²) >= 11 is 1.03. The summed E-state index contributed by atoms with van der Waals surface area (Å²) in [6.07, 6.45) is 4.82. The lowest BCUT2D eigenvalue weighted by Crippen LogP contribution is -2.21. The Kier molecular flexibility index (Phi) is 8.49. The van der Waals surface area contributed by atoms with E-state index >= 15 is 0 Å². The van der Waals surface area contributed by atoms with Crippen LogP contribution in [0.15, 0.2) is 18.2 Å². The predicted molar refractivity (Wildman–Crippen MR) is 127 cm³/mol. The van der Waals surface area contributed by atoms with E-state index in [4.69, 9.17) is 14.2 Å². The number of carbonyl (C=O) groups is 3. The molecule has 0 saturated heterocycles. The minimum Gasteiger partial charge on any atom is -0.483 e. The zero-order valence-electron chi connectivity index (χ0n) is 19.6. The summed E-state index contributed by atoms with van der Waals surface area (Å²) in [5.41, 5.74) is 2.48. The van der Waals surface area contributed by atoms with E-state index in [-0.39, 0.29) is 29.9 Å². The van der Waals surface area contributed by atoms with Crippen LogP contribution in [0, 0.1) is 20.8 Å². The Hall–Kier alpha value is -2.87. The van der Waals surface area contributed by atoms with Gasteiger partial charge in [-0.25, -0.2) is 9.59 Å². The number of ether oxygens (including phenoxy) is 3. The first-order valence-electron chi connectivity index (χ1n) is 11.3. The SMILES string of the molecule is CCOC(=O)c1c(NC(=O)COc2c(C)cccc2C)sc(C(=O)OC2CCCCC2)c1C. The number of esters is 2. The maximum absolute atomic E-state index is 12.8. The van der Waals surface area contributed by atoms with E-state index in [2.05, 4.69) is 5.32 Å². The Morgan fingerprint density at radius 1 is 1.03 bits per heavy atom. The van der Waals surface area contributed by atoms with Gasteiger partial charge in [0.05, 0.1) is 12.2 Å². The largest absolute Gasteiger partial charge is 0.483 e. The van der Waals surface area contributed by atoms with Crippen LogP contribution in [-0.2, 0) is 14.3 Å². The van der Waals surface area contributed by atoms with Gasteiger partial charge in [0.1, 0.15) is 21.7 Å². The number of anilines is 1. The second-order valence-corrected chi connectivity index (χ2v) is 9.22. The molecule has 0 aliphatic heterocycles. The fourth-order valence-corrected chi connectivity index (χ4v) is 5.05. The second-order valence-electron chi connectivity index (χ2n) is 8.20. The minimum atomic E-state index is -0.589. The number of benzene rings is 1. The standard InChI is InChI=1S/C25H31NO6S/c1-5-30-24(28)20-17(4)22(25(29)32-18-12-7-6-8-13-18)33-23(20)26-19(27)14-31-21-15(2)10-9-11-16(21)3/h9-11,18H,5-8,12-14H2,1-4H3,(H,26,27). The molecular weight excluding hydrogens is 442 g/mol. The van der Waals surface area contributed by atoms with Gasteiger partial charge >= 0.3 is 11.9 Å². The van der Waals surface area contributed by atoms with Crippen molar-refractivity contribution in [1.82, 2.24) is 0 Å². The minimum absolute atomic E-state index is 0.109. The zero-order chi connectivity index (χ0) is 24.0. The van der Waals surface area contributed by atoms with Gasteiger partial charge in [-0.1, -0.05) is 24.6 Å². The maximum atomic E-state index is 12.8. The smallest absolute Gasteiger partial charge is 0.348 e. The fraction of sp³-hybridized carbons (Fsp3) is 0.480. The highest BCUT2D eigenvalue weighted by Gasteiger charge is 2.29. The molecule has 8 heteroatoms. The molecule has 0 bridgehead atoms. The van der Waals surface area contributed by atoms with Gasteiger partial charge in [-0.3, -0.25) is 4.79 Å². The van der Waals surface area contributed by atoms with Crippen LogP contribution in [-0.4, -0.2) is 37.2 Å². The van der Waals surface area contributed by atoms with E-state index in [0.717, 1.165) is 54.6 Å². The van der Waals surface area contributed by atoms with Gasteiger partial charge in [0.2, 0.25) is 0 Å². The van der Waals surface area contributed by atoms with Crippen molar-refractivity contribution < 1.29 is 28.6 Å². The number of carbonyl (C=O) groups excluding carboxylic acids is 3. The Labute approximate surface area is 198 Å². The molecule has 0 radical (unpaired) electrons. The van der Waals surface area contributed by atoms with Crippen molar-refractivity contribution >= 4 is 34.2 Å². The lowest BCUT2D eigenvalue weighted by atomic mass is 9.98. The number of hydrogen-bond acceptors (Lipinski definition) is 7. The van der Waals surface area contributed by atoms with E-state index in [1.165, 1.54) is 0 Å². The molecule has 1 heterocycles. The number of aryl methyl sites for hydroxylation is 2. The first-order chi connectivity index (χ1) is 15.8. The summed E-state index contributed by atoms with van der Waals surface area (Å²) in [7, 11) is 0. The molecule has 1 aliphatic carbocycles. The summed E-state index contributed by atoms with van der Waals surface area (Å²) < 4.78 is 16.6. The second kappa shape index (κ2) is 11.3. The van der Waals surface area contributed by atoms with Crippen LogP contribution in [0.4, 0.5) is 5.00 Å². The van der Waals surface area contributed by atoms with Crippen LogP contribution >= 0.6 is 11.3 Å². The van der Waals surface area contributed by atoms with Gasteiger partial charge in [-0.2, -0.15) is 0 Å². The van der Waals surface area contributed by atoms with Gasteiger partial charge in [-0.15, -0.1) is 11.3 Å². The molecule has 33 heavy (non-hydrogen) atoms. The highest BCUT2D eigenvalue weighted by Crippen LogP contribution is 2.35. The third-order valence-corrected chi connectivity index (χ3v) is 6.83. The first kappa shape index (κ1) is 24.8. The number of rotatable bonds is 8. The van der Waals surface area contributed by atoms with E-state index in [1.807, 2.05) is 32.0 Å². The molecule has 1 saturated carbocycles. The number of amides is 1. The average molecular weight is 474 g/mol. The average Bonchev–Trinajstić information content (AvgIpc) is 3.10. The quantitative estimate of drug-likeness (QED) is 0.519. The Morgan fingerprint density at radius 3 is 2.33 bits per heavy atom. The van der Waals surface area contributed by atoms with Crippen molar-refractivity contribution in [2.75, 3.05) is 18.5 Å². The van der Waals surface area contributed by atoms with Crippen LogP contribution in [0.2, 0.25) is 0 Å². The van der Waals surface area contributed by atoms with Gasteiger partial charge < -0.3 is 19.5 Å². The molecule has 178 valence electrons. The topological polar surface area (TPSA) is 90.9 Å². The van der Waals surface area contributed by atoms with Crippen LogP contribution in [0.5, 0.6) is 5.75 Å². The molecule has 1 fully saturated rings. The summed E-state index contributed by atoms with van der Waals surface area (Å²) in [6.45, 7) is 7.14. The molecule has 1 aliphatic rings. The molecule has 1 N–H and O–H groups in total. The Balaban J connectivity index is 1.77. The van der Waals surface area contributed by atoms with Gasteiger partial charge in [0.15, 0.2) is 6.61 Å². The molecule has 1 aromatic carbocycles. The van der Waals surface area contributed by atoms with Crippen LogP contribution in [0.1, 0.15) is 75.7 Å². The van der Waals surface area contributed by atoms with E-state index in [0.29, 0.717) is 16.2 Å². The van der Waals surface area contributed by atoms with Crippen LogP contribution in [0.25, 0.3) is 0 Å². The Bertz CT molecular complexity index is 1000. The van der Waals surface area contributed by atoms with E-state index in [1.54, 1.807) is 13.8 Å². The summed E-state index contributed by atoms with van der Waals surface area (Å²) in [4.78, 5) is 38.4. The fourth-order valence-electron chi connectivity index (χ4n) is 3.96. The van der Waals surface area contributed by atoms with E-state index < -0.39 is 17.8 Å². The lowest BCUT2D eigenvalue weighted by Gasteiger charge is -2.21. The number of nitrogens with one attached hydrogen (secondary N) is 1. The molecule has 1 amide bonds. The maximum Gasteiger partial charge on any atom is 0.348 e. The molecule has 0 spiro atoms. The summed E-state index contributed by atoms with van der Waals surface area (Å²) in [6, 6.07) is 5.74. The zero-order valence-corrected chi connectivity index (χ0v) is 20.4. The molecular formula is C25H31NO6S. The van der Waals surface area contributed by atoms with Crippen LogP contribution < -0.4 is 10.1 Å². The predicted octanol–water partition coefficient (Wildman–Crippen LogP) is 5.36. The third kappa shape index (κ3) is 6.13. The van der Waals surface area contributed by atoms with Crippen molar-refractivity contribution in [1.29, 1.82) is 0 Å². The lowest BCUT2D eigenvalue weighted by molar-refractivity contribution is -0.118. The van der Waals surface area contributed by atoms with Crippen LogP contribution in [0.3, 0.4) is 0 Å². The molecule has 1 aromatic heterocycles. The highest BCUT2D eigenvalue weighted by atomic mass is 32.1. The third-order valence-electron chi connectivity index (χ3n) is 5.65. The molecule has 3 rings (SSSR count). The first-order valence-corrected chi connectivity index (χ1v) is 12.1. The normalized spacial score (nSPS) is 13.9. The monoisotopic (exact) mass is 473 g/mol. The van der Waals surface area contributed by atoms with E-state index in [9.17, 15) is 14.4 Å². The number of hydrogen-bond donors (Lipinski definition) is 1. The van der Waals surface area contributed by atoms with Crippen molar-refractivity contribution in [2.24, 2.45) is 0 Å². The molecule has 2 aromatic rings. The van der Waals surface area contributed by atoms with Crippen molar-refractivity contribution in [3.8, 4) is 5.75 Å². The highest BCUT2D eigenvalue weighted by molar-refractivity contribution is 7.18. The van der Waals surface area contributed by atoms with Crippen molar-refractivity contribution in [2.45, 2.75) is 65.9 Å². The van der Waals surface area contributed by atoms with Crippen molar-refractivity contribution in [3.63, 3.8) is 0 Å². The summed E-state index contributed by atoms with van der Waals surface area (Å²) in [5.74, 6) is -0.842. The van der Waals surface area contributed by atoms with Crippen molar-refractivity contribution in [3.05, 3.63) is 45.3 Å².